The first-order valence-corrected chi connectivity index (χ1v) is 9.37. The summed E-state index contributed by atoms with van der Waals surface area (Å²) in [4.78, 5) is 41.3. The van der Waals surface area contributed by atoms with Gasteiger partial charge in [-0.3, -0.25) is 14.4 Å². The van der Waals surface area contributed by atoms with Crippen molar-refractivity contribution >= 4 is 29.1 Å². The zero-order valence-electron chi connectivity index (χ0n) is 16.6. The van der Waals surface area contributed by atoms with Crippen LogP contribution in [-0.4, -0.2) is 29.7 Å². The van der Waals surface area contributed by atoms with Gasteiger partial charge in [-0.15, -0.1) is 0 Å². The summed E-state index contributed by atoms with van der Waals surface area (Å²) in [5.74, 6) is 0.0281. The minimum atomic E-state index is -0.438. The maximum Gasteiger partial charge on any atom is 0.259 e. The second-order valence-electron chi connectivity index (χ2n) is 6.39. The van der Waals surface area contributed by atoms with Gasteiger partial charge in [0.15, 0.2) is 5.78 Å². The number of carbonyl (C=O) groups is 3. The minimum absolute atomic E-state index is 0.00518. The van der Waals surface area contributed by atoms with Crippen LogP contribution in [0.2, 0.25) is 0 Å². The predicted molar refractivity (Wildman–Crippen MR) is 114 cm³/mol. The van der Waals surface area contributed by atoms with Crippen molar-refractivity contribution in [3.63, 3.8) is 0 Å². The molecule has 152 valence electrons. The first kappa shape index (κ1) is 20.7. The Morgan fingerprint density at radius 1 is 0.900 bits per heavy atom. The molecule has 0 saturated heterocycles. The molecule has 0 fully saturated rings. The van der Waals surface area contributed by atoms with Gasteiger partial charge in [0.1, 0.15) is 11.6 Å². The number of ether oxygens (including phenoxy) is 1. The standard InChI is InChI=1S/C23H21N3O4/c1-3-20(27)15-7-9-16(10-8-15)22(28)25-19-12-11-17(30-2)14-18(19)23(29)26-21-6-4-5-13-24-21/h4-14H,3H2,1-2H3,(H,25,28)(H,24,26,29). The number of ketones is 1. The van der Waals surface area contributed by atoms with E-state index in [0.29, 0.717) is 34.8 Å². The highest BCUT2D eigenvalue weighted by Crippen LogP contribution is 2.24. The van der Waals surface area contributed by atoms with Crippen LogP contribution in [-0.2, 0) is 0 Å². The molecule has 3 aromatic rings. The molecule has 1 aromatic heterocycles. The van der Waals surface area contributed by atoms with E-state index in [4.69, 9.17) is 4.74 Å². The van der Waals surface area contributed by atoms with Crippen LogP contribution >= 0.6 is 0 Å². The molecule has 0 aliphatic heterocycles. The average molecular weight is 403 g/mol. The number of pyridine rings is 1. The van der Waals surface area contributed by atoms with Crippen LogP contribution in [0.15, 0.2) is 66.9 Å². The van der Waals surface area contributed by atoms with Crippen molar-refractivity contribution in [2.45, 2.75) is 13.3 Å². The molecule has 7 nitrogen and oxygen atoms in total. The second kappa shape index (κ2) is 9.47. The SMILES string of the molecule is CCC(=O)c1ccc(C(=O)Nc2ccc(OC)cc2C(=O)Nc2ccccn2)cc1. The molecule has 7 heteroatoms. The molecule has 2 amide bonds. The van der Waals surface area contributed by atoms with Crippen LogP contribution in [0.5, 0.6) is 5.75 Å². The lowest BCUT2D eigenvalue weighted by Gasteiger charge is -2.13. The quantitative estimate of drug-likeness (QED) is 0.577. The van der Waals surface area contributed by atoms with Crippen LogP contribution in [0.25, 0.3) is 0 Å². The Hall–Kier alpha value is -4.00. The fraction of sp³-hybridized carbons (Fsp3) is 0.130. The van der Waals surface area contributed by atoms with Gasteiger partial charge in [-0.25, -0.2) is 4.98 Å². The molecule has 2 aromatic carbocycles. The number of hydrogen-bond donors (Lipinski definition) is 2. The molecular formula is C23H21N3O4. The Morgan fingerprint density at radius 3 is 2.27 bits per heavy atom. The topological polar surface area (TPSA) is 97.4 Å². The summed E-state index contributed by atoms with van der Waals surface area (Å²) in [7, 11) is 1.49. The molecule has 0 bridgehead atoms. The predicted octanol–water partition coefficient (Wildman–Crippen LogP) is 4.19. The largest absolute Gasteiger partial charge is 0.497 e. The second-order valence-corrected chi connectivity index (χ2v) is 6.39. The maximum absolute atomic E-state index is 12.8. The Bertz CT molecular complexity index is 1060. The van der Waals surface area contributed by atoms with Gasteiger partial charge in [-0.05, 0) is 42.5 Å². The van der Waals surface area contributed by atoms with Crippen LogP contribution in [0, 0.1) is 0 Å². The third kappa shape index (κ3) is 4.88. The summed E-state index contributed by atoms with van der Waals surface area (Å²) in [6.07, 6.45) is 1.96. The maximum atomic E-state index is 12.8. The van der Waals surface area contributed by atoms with Crippen LogP contribution in [0.3, 0.4) is 0 Å². The third-order valence-electron chi connectivity index (χ3n) is 4.42. The summed E-state index contributed by atoms with van der Waals surface area (Å²) >= 11 is 0. The number of Topliss-reactive ketones (excluding diaryl/α,β-unsaturated/α-hetero) is 1. The van der Waals surface area contributed by atoms with Crippen molar-refractivity contribution < 1.29 is 19.1 Å². The van der Waals surface area contributed by atoms with Gasteiger partial charge in [0, 0.05) is 23.7 Å². The molecule has 0 aliphatic rings. The summed E-state index contributed by atoms with van der Waals surface area (Å²) in [5, 5.41) is 5.44. The van der Waals surface area contributed by atoms with E-state index in [9.17, 15) is 14.4 Å². The lowest BCUT2D eigenvalue weighted by molar-refractivity contribution is 0.0983. The van der Waals surface area contributed by atoms with Crippen molar-refractivity contribution in [1.29, 1.82) is 0 Å². The number of carbonyl (C=O) groups excluding carboxylic acids is 3. The normalized spacial score (nSPS) is 10.2. The Labute approximate surface area is 174 Å². The molecule has 3 rings (SSSR count). The molecule has 30 heavy (non-hydrogen) atoms. The molecule has 0 radical (unpaired) electrons. The first-order valence-electron chi connectivity index (χ1n) is 9.37. The average Bonchev–Trinajstić information content (AvgIpc) is 2.79. The van der Waals surface area contributed by atoms with Crippen molar-refractivity contribution in [3.8, 4) is 5.75 Å². The summed E-state index contributed by atoms with van der Waals surface area (Å²) in [6, 6.07) is 16.3. The van der Waals surface area contributed by atoms with Crippen LogP contribution in [0.4, 0.5) is 11.5 Å². The number of methoxy groups -OCH3 is 1. The van der Waals surface area contributed by atoms with E-state index in [0.717, 1.165) is 0 Å². The number of anilines is 2. The van der Waals surface area contributed by atoms with Gasteiger partial charge < -0.3 is 15.4 Å². The van der Waals surface area contributed by atoms with E-state index in [1.165, 1.54) is 13.2 Å². The van der Waals surface area contributed by atoms with E-state index in [1.54, 1.807) is 67.7 Å². The number of hydrogen-bond acceptors (Lipinski definition) is 5. The molecule has 1 heterocycles. The van der Waals surface area contributed by atoms with Crippen molar-refractivity contribution in [2.75, 3.05) is 17.7 Å². The molecule has 0 aliphatic carbocycles. The van der Waals surface area contributed by atoms with Crippen LogP contribution < -0.4 is 15.4 Å². The smallest absolute Gasteiger partial charge is 0.259 e. The zero-order valence-corrected chi connectivity index (χ0v) is 16.6. The molecule has 0 spiro atoms. The highest BCUT2D eigenvalue weighted by atomic mass is 16.5. The first-order chi connectivity index (χ1) is 14.5. The highest BCUT2D eigenvalue weighted by Gasteiger charge is 2.17. The van der Waals surface area contributed by atoms with Crippen LogP contribution in [0.1, 0.15) is 44.4 Å². The van der Waals surface area contributed by atoms with E-state index in [-0.39, 0.29) is 11.3 Å². The van der Waals surface area contributed by atoms with Gasteiger partial charge in [-0.1, -0.05) is 25.1 Å². The molecule has 2 N–H and O–H groups in total. The fourth-order valence-electron chi connectivity index (χ4n) is 2.77. The molecule has 0 saturated carbocycles. The molecule has 0 unspecified atom stereocenters. The number of benzene rings is 2. The van der Waals surface area contributed by atoms with Crippen molar-refractivity contribution in [1.82, 2.24) is 4.98 Å². The minimum Gasteiger partial charge on any atom is -0.497 e. The van der Waals surface area contributed by atoms with E-state index in [1.807, 2.05) is 0 Å². The lowest BCUT2D eigenvalue weighted by Crippen LogP contribution is -2.19. The van der Waals surface area contributed by atoms with Gasteiger partial charge >= 0.3 is 0 Å². The number of aromatic nitrogens is 1. The summed E-state index contributed by atoms with van der Waals surface area (Å²) in [6.45, 7) is 1.78. The zero-order chi connectivity index (χ0) is 21.5. The lowest BCUT2D eigenvalue weighted by atomic mass is 10.1. The van der Waals surface area contributed by atoms with Gasteiger partial charge in [-0.2, -0.15) is 0 Å². The van der Waals surface area contributed by atoms with Crippen molar-refractivity contribution in [2.24, 2.45) is 0 Å². The fourth-order valence-corrected chi connectivity index (χ4v) is 2.77. The monoisotopic (exact) mass is 403 g/mol. The van der Waals surface area contributed by atoms with Gasteiger partial charge in [0.05, 0.1) is 18.4 Å². The Balaban J connectivity index is 1.83. The van der Waals surface area contributed by atoms with Crippen molar-refractivity contribution in [3.05, 3.63) is 83.6 Å². The van der Waals surface area contributed by atoms with Gasteiger partial charge in [0.2, 0.25) is 0 Å². The van der Waals surface area contributed by atoms with E-state index >= 15 is 0 Å². The summed E-state index contributed by atoms with van der Waals surface area (Å²) in [5.41, 5.74) is 1.47. The Morgan fingerprint density at radius 2 is 1.63 bits per heavy atom. The number of nitrogens with one attached hydrogen (secondary N) is 2. The number of rotatable bonds is 7. The number of amides is 2. The molecular weight excluding hydrogens is 382 g/mol. The molecule has 0 atom stereocenters. The Kier molecular flexibility index (Phi) is 6.54. The highest BCUT2D eigenvalue weighted by molar-refractivity contribution is 6.12. The number of nitrogens with zero attached hydrogens (tertiary/aromatic N) is 1. The van der Waals surface area contributed by atoms with E-state index in [2.05, 4.69) is 15.6 Å². The van der Waals surface area contributed by atoms with Gasteiger partial charge in [0.25, 0.3) is 11.8 Å². The van der Waals surface area contributed by atoms with E-state index < -0.39 is 11.8 Å². The third-order valence-corrected chi connectivity index (χ3v) is 4.42. The summed E-state index contributed by atoms with van der Waals surface area (Å²) < 4.78 is 5.21.